The van der Waals surface area contributed by atoms with E-state index in [0.717, 1.165) is 40.8 Å². The fourth-order valence-electron chi connectivity index (χ4n) is 7.40. The van der Waals surface area contributed by atoms with Gasteiger partial charge in [-0.3, -0.25) is 24.0 Å². The fraction of sp³-hybridized carbons (Fsp3) is 0.365. The number of aromatic hydroxyl groups is 5. The number of hydrogen-bond acceptors (Lipinski definition) is 15. The molecule has 0 atom stereocenters. The summed E-state index contributed by atoms with van der Waals surface area (Å²) in [6.07, 6.45) is 3.60. The lowest BCUT2D eigenvalue weighted by molar-refractivity contribution is -0.144. The van der Waals surface area contributed by atoms with E-state index in [0.29, 0.717) is 63.5 Å². The number of aryl methyl sites for hydroxylation is 2. The Morgan fingerprint density at radius 3 is 1.13 bits per heavy atom. The van der Waals surface area contributed by atoms with E-state index in [1.165, 1.54) is 12.1 Å². The first kappa shape index (κ1) is 72.4. The van der Waals surface area contributed by atoms with Crippen molar-refractivity contribution in [3.63, 3.8) is 0 Å². The summed E-state index contributed by atoms with van der Waals surface area (Å²) in [5.41, 5.74) is -1.05. The quantitative estimate of drug-likeness (QED) is 0.0474. The average molecular weight is 1220 g/mol. The minimum Gasteiger partial charge on any atom is -0.508 e. The van der Waals surface area contributed by atoms with Crippen molar-refractivity contribution in [2.75, 3.05) is 0 Å². The number of rotatable bonds is 15. The van der Waals surface area contributed by atoms with Crippen LogP contribution in [0.4, 0.5) is 0 Å². The Balaban J connectivity index is 0.000000238. The standard InChI is InChI=1S/3C16H18O3.C14H20O3.C12H16O3/c1-4-16(2,3)15(18)19-14-10-6-7-11-12(14)8-5-9-13(11)17;1-4-16(2,3)15(18)19-14-8-6-11-9-13(17)7-5-12(11)10-14;1-4-16(2,3)15(18)19-14-10-9-13(17)11-7-5-6-8-12(11)14;1-6-14(4,5)13(16)17-11-7-9(2)12(15)10(3)8-11;1-4-12(2,3)11(14)15-10-7-5-9(13)6-8-10/h3*5-10,17H,4H2,1-3H3;7-8,15H,6H2,1-5H3;5-8,13H,4H2,1-3H3. The van der Waals surface area contributed by atoms with Gasteiger partial charge in [-0.2, -0.15) is 0 Å². The van der Waals surface area contributed by atoms with Crippen LogP contribution in [0.2, 0.25) is 0 Å². The molecule has 0 spiro atoms. The molecule has 8 aromatic rings. The van der Waals surface area contributed by atoms with Crippen LogP contribution in [0.5, 0.6) is 57.5 Å². The van der Waals surface area contributed by atoms with Crippen LogP contribution in [0, 0.1) is 40.9 Å². The third kappa shape index (κ3) is 20.2. The molecular weight excluding hydrogens is 1130 g/mol. The summed E-state index contributed by atoms with van der Waals surface area (Å²) in [7, 11) is 0. The van der Waals surface area contributed by atoms with Crippen molar-refractivity contribution in [1.82, 2.24) is 0 Å². The number of ether oxygens (including phenoxy) is 5. The number of fused-ring (bicyclic) bond motifs is 3. The zero-order valence-electron chi connectivity index (χ0n) is 54.7. The molecule has 0 aliphatic rings. The number of phenolic OH excluding ortho intramolecular Hbond substituents is 5. The van der Waals surface area contributed by atoms with E-state index in [1.54, 1.807) is 117 Å². The van der Waals surface area contributed by atoms with Gasteiger partial charge in [-0.25, -0.2) is 0 Å². The number of carbonyl (C=O) groups excluding carboxylic acids is 5. The first-order valence-corrected chi connectivity index (χ1v) is 29.9. The molecule has 8 aromatic carbocycles. The molecule has 0 saturated carbocycles. The van der Waals surface area contributed by atoms with Crippen LogP contribution in [0.1, 0.15) is 147 Å². The molecule has 8 rings (SSSR count). The lowest BCUT2D eigenvalue weighted by Crippen LogP contribution is -2.28. The molecule has 0 radical (unpaired) electrons. The molecule has 0 unspecified atom stereocenters. The van der Waals surface area contributed by atoms with Crippen LogP contribution in [0.15, 0.2) is 146 Å². The first-order valence-electron chi connectivity index (χ1n) is 29.9. The first-order chi connectivity index (χ1) is 41.6. The van der Waals surface area contributed by atoms with E-state index in [2.05, 4.69) is 0 Å². The maximum absolute atomic E-state index is 12.1. The molecule has 0 aromatic heterocycles. The normalized spacial score (nSPS) is 11.4. The minimum absolute atomic E-state index is 0.157. The summed E-state index contributed by atoms with van der Waals surface area (Å²) >= 11 is 0. The second-order valence-corrected chi connectivity index (χ2v) is 25.0. The van der Waals surface area contributed by atoms with Crippen LogP contribution in [-0.4, -0.2) is 55.4 Å². The molecule has 0 saturated heterocycles. The van der Waals surface area contributed by atoms with E-state index >= 15 is 0 Å². The van der Waals surface area contributed by atoms with Gasteiger partial charge in [-0.15, -0.1) is 0 Å². The predicted molar refractivity (Wildman–Crippen MR) is 351 cm³/mol. The molecule has 476 valence electrons. The van der Waals surface area contributed by atoms with E-state index in [1.807, 2.05) is 134 Å². The van der Waals surface area contributed by atoms with Crippen molar-refractivity contribution < 1.29 is 73.2 Å². The third-order valence-electron chi connectivity index (χ3n) is 16.0. The zero-order valence-corrected chi connectivity index (χ0v) is 54.7. The number of benzene rings is 8. The Labute approximate surface area is 524 Å². The Hall–Kier alpha value is -9.11. The van der Waals surface area contributed by atoms with E-state index in [-0.39, 0.29) is 58.6 Å². The van der Waals surface area contributed by atoms with E-state index < -0.39 is 27.1 Å². The highest BCUT2D eigenvalue weighted by Gasteiger charge is 2.32. The monoisotopic (exact) mass is 1220 g/mol. The van der Waals surface area contributed by atoms with Gasteiger partial charge in [0.25, 0.3) is 0 Å². The number of phenols is 5. The summed E-state index contributed by atoms with van der Waals surface area (Å²) < 4.78 is 26.9. The van der Waals surface area contributed by atoms with Gasteiger partial charge in [0.1, 0.15) is 57.5 Å². The van der Waals surface area contributed by atoms with Gasteiger partial charge in [-0.05, 0) is 222 Å². The maximum atomic E-state index is 12.1. The van der Waals surface area contributed by atoms with Crippen LogP contribution < -0.4 is 23.7 Å². The van der Waals surface area contributed by atoms with Gasteiger partial charge in [0.15, 0.2) is 0 Å². The number of esters is 5. The Morgan fingerprint density at radius 1 is 0.326 bits per heavy atom. The average Bonchev–Trinajstić information content (AvgIpc) is 1.24. The van der Waals surface area contributed by atoms with Gasteiger partial charge >= 0.3 is 29.8 Å². The fourth-order valence-corrected chi connectivity index (χ4v) is 7.40. The summed E-state index contributed by atoms with van der Waals surface area (Å²) in [6, 6.07) is 40.9. The van der Waals surface area contributed by atoms with Crippen LogP contribution >= 0.6 is 0 Å². The lowest BCUT2D eigenvalue weighted by atomic mass is 9.90. The second kappa shape index (κ2) is 31.2. The molecule has 0 aliphatic heterocycles. The molecule has 15 nitrogen and oxygen atoms in total. The molecule has 0 heterocycles. The lowest BCUT2D eigenvalue weighted by Gasteiger charge is -2.20. The van der Waals surface area contributed by atoms with Crippen LogP contribution in [0.25, 0.3) is 32.3 Å². The van der Waals surface area contributed by atoms with Crippen LogP contribution in [-0.2, 0) is 24.0 Å². The van der Waals surface area contributed by atoms with Crippen molar-refractivity contribution in [3.8, 4) is 57.5 Å². The van der Waals surface area contributed by atoms with Gasteiger partial charge in [0.2, 0.25) is 0 Å². The molecule has 5 N–H and O–H groups in total. The molecule has 0 amide bonds. The summed E-state index contributed by atoms with van der Waals surface area (Å²) in [5.74, 6) is 2.21. The van der Waals surface area contributed by atoms with Gasteiger partial charge < -0.3 is 49.2 Å². The molecule has 0 aliphatic carbocycles. The topological polar surface area (TPSA) is 233 Å². The highest BCUT2D eigenvalue weighted by Crippen LogP contribution is 2.37. The van der Waals surface area contributed by atoms with E-state index in [4.69, 9.17) is 28.8 Å². The second-order valence-electron chi connectivity index (χ2n) is 25.0. The Bertz CT molecular complexity index is 3650. The van der Waals surface area contributed by atoms with Crippen molar-refractivity contribution >= 4 is 62.2 Å². The largest absolute Gasteiger partial charge is 0.508 e. The van der Waals surface area contributed by atoms with Gasteiger partial charge in [-0.1, -0.05) is 95.3 Å². The maximum Gasteiger partial charge on any atom is 0.316 e. The Kier molecular flexibility index (Phi) is 25.4. The highest BCUT2D eigenvalue weighted by molar-refractivity contribution is 5.96. The molecule has 15 heteroatoms. The van der Waals surface area contributed by atoms with Crippen molar-refractivity contribution in [2.45, 2.75) is 150 Å². The molecule has 0 bridgehead atoms. The highest BCUT2D eigenvalue weighted by atomic mass is 16.6. The van der Waals surface area contributed by atoms with Gasteiger partial charge in [0, 0.05) is 21.5 Å². The number of hydrogen-bond donors (Lipinski definition) is 5. The van der Waals surface area contributed by atoms with Gasteiger partial charge in [0.05, 0.1) is 27.1 Å². The van der Waals surface area contributed by atoms with Crippen LogP contribution in [0.3, 0.4) is 0 Å². The number of carbonyl (C=O) groups is 5. The van der Waals surface area contributed by atoms with Crippen molar-refractivity contribution in [1.29, 1.82) is 0 Å². The summed E-state index contributed by atoms with van der Waals surface area (Å²) in [6.45, 7) is 31.9. The van der Waals surface area contributed by atoms with E-state index in [9.17, 15) is 44.4 Å². The smallest absolute Gasteiger partial charge is 0.316 e. The predicted octanol–water partition coefficient (Wildman–Crippen LogP) is 17.7. The Morgan fingerprint density at radius 2 is 0.663 bits per heavy atom. The molecule has 89 heavy (non-hydrogen) atoms. The molecular formula is C74H90O15. The summed E-state index contributed by atoms with van der Waals surface area (Å²) in [4.78, 5) is 59.8. The van der Waals surface area contributed by atoms with Crippen molar-refractivity contribution in [2.24, 2.45) is 27.1 Å². The van der Waals surface area contributed by atoms with Crippen molar-refractivity contribution in [3.05, 3.63) is 157 Å². The summed E-state index contributed by atoms with van der Waals surface area (Å²) in [5, 5.41) is 52.4. The SMILES string of the molecule is CCC(C)(C)C(=O)Oc1cc(C)c(O)c(C)c1.CCC(C)(C)C(=O)Oc1ccc(O)c2ccccc12.CCC(C)(C)C(=O)Oc1ccc(O)cc1.CCC(C)(C)C(=O)Oc1ccc2cc(O)ccc2c1.CCC(C)(C)C(=O)Oc1cccc2c(O)cccc12. The molecule has 0 fully saturated rings. The third-order valence-corrected chi connectivity index (χ3v) is 16.0. The minimum atomic E-state index is -0.515. The zero-order chi connectivity index (χ0) is 66.8.